The highest BCUT2D eigenvalue weighted by Crippen LogP contribution is 2.12. The predicted molar refractivity (Wildman–Crippen MR) is 113 cm³/mol. The Balaban J connectivity index is 3.57. The fourth-order valence-electron chi connectivity index (χ4n) is 2.69. The molecule has 0 saturated heterocycles. The normalized spacial score (nSPS) is 13.8. The zero-order chi connectivity index (χ0) is 18.8. The molecule has 0 aromatic carbocycles. The van der Waals surface area contributed by atoms with Crippen molar-refractivity contribution in [3.8, 4) is 0 Å². The Morgan fingerprint density at radius 2 is 1.64 bits per heavy atom. The number of hydrogen-bond donors (Lipinski definition) is 3. The zero-order valence-corrected chi connectivity index (χ0v) is 18.1. The molecule has 7 heteroatoms. The van der Waals surface area contributed by atoms with E-state index in [1.807, 2.05) is 0 Å². The molecule has 5 nitrogen and oxygen atoms in total. The van der Waals surface area contributed by atoms with Crippen LogP contribution in [-0.2, 0) is 9.53 Å². The van der Waals surface area contributed by atoms with Crippen LogP contribution in [0.4, 0.5) is 0 Å². The second kappa shape index (κ2) is 19.1. The van der Waals surface area contributed by atoms with Gasteiger partial charge in [0.2, 0.25) is 0 Å². The Labute approximate surface area is 159 Å². The molecule has 0 aliphatic rings. The lowest BCUT2D eigenvalue weighted by molar-refractivity contribution is -0.121. The predicted octanol–water partition coefficient (Wildman–Crippen LogP) is 2.81. The van der Waals surface area contributed by atoms with Crippen molar-refractivity contribution in [3.63, 3.8) is 0 Å². The van der Waals surface area contributed by atoms with E-state index in [0.717, 1.165) is 19.3 Å². The Morgan fingerprint density at radius 1 is 1.04 bits per heavy atom. The summed E-state index contributed by atoms with van der Waals surface area (Å²) in [5.41, 5.74) is 2.72. The van der Waals surface area contributed by atoms with Gasteiger partial charge in [0, 0.05) is 18.7 Å². The van der Waals surface area contributed by atoms with Gasteiger partial charge < -0.3 is 9.84 Å². The molecule has 4 atom stereocenters. The number of ether oxygens (including phenoxy) is 1. The number of carbonyl (C=O) groups excluding carboxylic acids is 1. The van der Waals surface area contributed by atoms with Gasteiger partial charge in [0.25, 0.3) is 0 Å². The van der Waals surface area contributed by atoms with Gasteiger partial charge in [-0.25, -0.2) is 5.43 Å². The molecule has 0 aliphatic carbocycles. The number of rotatable bonds is 19. The van der Waals surface area contributed by atoms with Crippen molar-refractivity contribution in [1.82, 2.24) is 5.43 Å². The van der Waals surface area contributed by atoms with Crippen molar-refractivity contribution >= 4 is 24.3 Å². The molecule has 0 spiro atoms. The highest BCUT2D eigenvalue weighted by molar-refractivity contribution is 7.17. The Hall–Kier alpha value is 0.370. The summed E-state index contributed by atoms with van der Waals surface area (Å²) >= 11 is 0. The number of Topliss-reactive ketones (excluding diaryl/α,β-unsaturated/α-hetero) is 1. The summed E-state index contributed by atoms with van der Waals surface area (Å²) in [5, 5.41) is 8.90. The fraction of sp³-hybridized carbons (Fsp3) is 0.944. The number of nitrogens with two attached hydrogens (primary N) is 1. The second-order valence-electron chi connectivity index (χ2n) is 6.71. The molecule has 0 aromatic heterocycles. The molecule has 0 saturated carbocycles. The Bertz CT molecular complexity index is 310. The quantitative estimate of drug-likeness (QED) is 0.136. The molecule has 0 heterocycles. The van der Waals surface area contributed by atoms with E-state index in [-0.39, 0.29) is 24.1 Å². The van der Waals surface area contributed by atoms with E-state index >= 15 is 0 Å². The maximum atomic E-state index is 12.2. The Kier molecular flexibility index (Phi) is 19.4. The largest absolute Gasteiger partial charge is 0.396 e. The van der Waals surface area contributed by atoms with Crippen LogP contribution in [0.3, 0.4) is 0 Å². The van der Waals surface area contributed by atoms with Crippen LogP contribution in [0.15, 0.2) is 0 Å². The molecular formula is C18H40N2O3P2. The summed E-state index contributed by atoms with van der Waals surface area (Å²) in [4.78, 5) is 12.2. The van der Waals surface area contributed by atoms with Gasteiger partial charge in [-0.2, -0.15) is 0 Å². The molecule has 25 heavy (non-hydrogen) atoms. The first kappa shape index (κ1) is 25.4. The van der Waals surface area contributed by atoms with Crippen LogP contribution in [0.5, 0.6) is 0 Å². The van der Waals surface area contributed by atoms with Gasteiger partial charge in [0.05, 0.1) is 19.3 Å². The zero-order valence-electron chi connectivity index (χ0n) is 15.8. The molecule has 0 aromatic rings. The maximum absolute atomic E-state index is 12.2. The number of aliphatic hydroxyl groups excluding tert-OH is 1. The van der Waals surface area contributed by atoms with E-state index in [1.54, 1.807) is 0 Å². The third-order valence-corrected chi connectivity index (χ3v) is 5.13. The molecule has 0 rings (SSSR count). The van der Waals surface area contributed by atoms with Crippen molar-refractivity contribution in [2.45, 2.75) is 82.3 Å². The minimum absolute atomic E-state index is 0.0794. The van der Waals surface area contributed by atoms with Gasteiger partial charge in [-0.3, -0.25) is 10.6 Å². The smallest absolute Gasteiger partial charge is 0.151 e. The summed E-state index contributed by atoms with van der Waals surface area (Å²) in [6, 6.07) is -0.264. The monoisotopic (exact) mass is 394 g/mol. The molecule has 4 N–H and O–H groups in total. The van der Waals surface area contributed by atoms with E-state index in [2.05, 4.69) is 23.9 Å². The first-order valence-corrected chi connectivity index (χ1v) is 11.3. The molecule has 0 fully saturated rings. The number of carbonyl (C=O) groups is 1. The summed E-state index contributed by atoms with van der Waals surface area (Å²) in [5.74, 6) is 5.73. The highest BCUT2D eigenvalue weighted by atomic mass is 31.0. The number of nitrogens with one attached hydrogen (secondary N) is 1. The van der Waals surface area contributed by atoms with Crippen molar-refractivity contribution < 1.29 is 14.6 Å². The second-order valence-corrected chi connectivity index (χ2v) is 8.23. The molecule has 0 amide bonds. The minimum Gasteiger partial charge on any atom is -0.396 e. The molecular weight excluding hydrogens is 354 g/mol. The minimum atomic E-state index is -0.264. The van der Waals surface area contributed by atoms with Crippen LogP contribution < -0.4 is 11.3 Å². The lowest BCUT2D eigenvalue weighted by Gasteiger charge is -2.15. The van der Waals surface area contributed by atoms with Gasteiger partial charge in [-0.1, -0.05) is 38.5 Å². The number of hydrazine groups is 1. The average molecular weight is 394 g/mol. The van der Waals surface area contributed by atoms with E-state index in [9.17, 15) is 4.79 Å². The van der Waals surface area contributed by atoms with Crippen LogP contribution >= 0.6 is 18.5 Å². The summed E-state index contributed by atoms with van der Waals surface area (Å²) in [6.45, 7) is 1.22. The molecule has 4 unspecified atom stereocenters. The average Bonchev–Trinajstić information content (AvgIpc) is 2.62. The van der Waals surface area contributed by atoms with Gasteiger partial charge in [0.15, 0.2) is 5.78 Å². The summed E-state index contributed by atoms with van der Waals surface area (Å²) in [6.07, 6.45) is 13.2. The van der Waals surface area contributed by atoms with E-state index in [1.165, 1.54) is 44.7 Å². The lowest BCUT2D eigenvalue weighted by atomic mass is 10.0. The van der Waals surface area contributed by atoms with E-state index in [4.69, 9.17) is 15.7 Å². The van der Waals surface area contributed by atoms with E-state index in [0.29, 0.717) is 26.1 Å². The number of ketones is 1. The first-order valence-electron chi connectivity index (χ1n) is 9.78. The van der Waals surface area contributed by atoms with Gasteiger partial charge in [-0.05, 0) is 31.8 Å². The topological polar surface area (TPSA) is 84.6 Å². The highest BCUT2D eigenvalue weighted by Gasteiger charge is 2.15. The van der Waals surface area contributed by atoms with E-state index < -0.39 is 0 Å². The fourth-order valence-corrected chi connectivity index (χ4v) is 3.12. The SMILES string of the molecule is NNC(CCCOCC(P)CO)C(=O)CCCCCCCCCCP. The summed E-state index contributed by atoms with van der Waals surface area (Å²) < 4.78 is 5.46. The Morgan fingerprint density at radius 3 is 2.20 bits per heavy atom. The van der Waals surface area contributed by atoms with Crippen molar-refractivity contribution in [3.05, 3.63) is 0 Å². The van der Waals surface area contributed by atoms with Gasteiger partial charge in [0.1, 0.15) is 0 Å². The third kappa shape index (κ3) is 16.3. The molecule has 150 valence electrons. The van der Waals surface area contributed by atoms with Crippen molar-refractivity contribution in [2.24, 2.45) is 5.84 Å². The van der Waals surface area contributed by atoms with Gasteiger partial charge >= 0.3 is 0 Å². The van der Waals surface area contributed by atoms with Crippen molar-refractivity contribution in [1.29, 1.82) is 0 Å². The lowest BCUT2D eigenvalue weighted by Crippen LogP contribution is -2.41. The number of aliphatic hydroxyl groups is 1. The molecule has 0 bridgehead atoms. The summed E-state index contributed by atoms with van der Waals surface area (Å²) in [7, 11) is 5.32. The van der Waals surface area contributed by atoms with Crippen LogP contribution in [0.1, 0.15) is 70.6 Å². The van der Waals surface area contributed by atoms with Crippen LogP contribution in [0.2, 0.25) is 0 Å². The molecule has 0 radical (unpaired) electrons. The van der Waals surface area contributed by atoms with Gasteiger partial charge in [-0.15, -0.1) is 18.5 Å². The van der Waals surface area contributed by atoms with Crippen LogP contribution in [0.25, 0.3) is 0 Å². The standard InChI is InChI=1S/C18H40N2O3P2/c19-20-17(10-9-12-23-15-16(25)14-21)18(22)11-7-5-3-1-2-4-6-8-13-24/h16-17,20-21H,1-15,19,24-25H2. The van der Waals surface area contributed by atoms with Crippen molar-refractivity contribution in [2.75, 3.05) is 26.0 Å². The third-order valence-electron chi connectivity index (χ3n) is 4.32. The number of hydrogen-bond acceptors (Lipinski definition) is 5. The van der Waals surface area contributed by atoms with Crippen LogP contribution in [-0.4, -0.2) is 48.6 Å². The molecule has 0 aliphatic heterocycles. The number of unbranched alkanes of at least 4 members (excludes halogenated alkanes) is 7. The maximum Gasteiger partial charge on any atom is 0.151 e. The first-order chi connectivity index (χ1) is 12.2. The van der Waals surface area contributed by atoms with Crippen LogP contribution in [0, 0.1) is 0 Å².